The minimum Gasteiger partial charge on any atom is -0.493 e. The number of para-hydroxylation sites is 1. The fraction of sp³-hybridized carbons (Fsp3) is 0.364. The molecule has 0 saturated carbocycles. The molecule has 7 heteroatoms. The first-order chi connectivity index (χ1) is 14.0. The third-order valence-corrected chi connectivity index (χ3v) is 5.12. The van der Waals surface area contributed by atoms with Crippen LogP contribution in [0.5, 0.6) is 11.5 Å². The highest BCUT2D eigenvalue weighted by Gasteiger charge is 2.29. The number of ether oxygens (including phenoxy) is 2. The maximum atomic E-state index is 13.9. The van der Waals surface area contributed by atoms with Crippen molar-refractivity contribution in [2.75, 3.05) is 27.3 Å². The Kier molecular flexibility index (Phi) is 6.69. The summed E-state index contributed by atoms with van der Waals surface area (Å²) in [6.45, 7) is 1.08. The van der Waals surface area contributed by atoms with Crippen LogP contribution in [-0.4, -0.2) is 44.0 Å². The number of carbonyl (C=O) groups excluding carboxylic acids is 2. The Bertz CT molecular complexity index is 887. The van der Waals surface area contributed by atoms with E-state index >= 15 is 0 Å². The van der Waals surface area contributed by atoms with Gasteiger partial charge in [-0.15, -0.1) is 0 Å². The minimum absolute atomic E-state index is 0.0367. The van der Waals surface area contributed by atoms with Crippen LogP contribution >= 0.6 is 0 Å². The number of benzene rings is 2. The summed E-state index contributed by atoms with van der Waals surface area (Å²) in [5.41, 5.74) is 0.838. The molecule has 0 aliphatic carbocycles. The summed E-state index contributed by atoms with van der Waals surface area (Å²) in [4.78, 5) is 26.9. The van der Waals surface area contributed by atoms with E-state index in [9.17, 15) is 14.0 Å². The van der Waals surface area contributed by atoms with E-state index in [2.05, 4.69) is 5.32 Å². The first kappa shape index (κ1) is 20.6. The van der Waals surface area contributed by atoms with E-state index in [1.807, 2.05) is 12.1 Å². The van der Waals surface area contributed by atoms with Gasteiger partial charge in [-0.25, -0.2) is 4.39 Å². The molecule has 2 aromatic carbocycles. The summed E-state index contributed by atoms with van der Waals surface area (Å²) in [6, 6.07) is 11.4. The Labute approximate surface area is 169 Å². The zero-order chi connectivity index (χ0) is 20.8. The largest absolute Gasteiger partial charge is 0.493 e. The Morgan fingerprint density at radius 1 is 1.14 bits per heavy atom. The number of halogens is 1. The summed E-state index contributed by atoms with van der Waals surface area (Å²) >= 11 is 0. The second-order valence-corrected chi connectivity index (χ2v) is 6.94. The molecule has 1 aliphatic rings. The maximum absolute atomic E-state index is 13.9. The lowest BCUT2D eigenvalue weighted by Crippen LogP contribution is -2.45. The normalized spacial score (nSPS) is 16.2. The van der Waals surface area contributed by atoms with Crippen molar-refractivity contribution in [2.45, 2.75) is 19.4 Å². The fourth-order valence-corrected chi connectivity index (χ4v) is 3.60. The van der Waals surface area contributed by atoms with Crippen molar-refractivity contribution in [1.29, 1.82) is 0 Å². The van der Waals surface area contributed by atoms with Crippen LogP contribution in [0.15, 0.2) is 42.5 Å². The first-order valence-corrected chi connectivity index (χ1v) is 9.56. The van der Waals surface area contributed by atoms with Crippen molar-refractivity contribution in [1.82, 2.24) is 10.2 Å². The van der Waals surface area contributed by atoms with Crippen molar-refractivity contribution in [3.63, 3.8) is 0 Å². The van der Waals surface area contributed by atoms with Crippen molar-refractivity contribution >= 4 is 11.8 Å². The van der Waals surface area contributed by atoms with Crippen molar-refractivity contribution in [2.24, 2.45) is 5.92 Å². The molecule has 0 radical (unpaired) electrons. The molecule has 0 aromatic heterocycles. The molecule has 0 spiro atoms. The van der Waals surface area contributed by atoms with Crippen molar-refractivity contribution in [3.05, 3.63) is 59.4 Å². The third-order valence-electron chi connectivity index (χ3n) is 5.12. The summed E-state index contributed by atoms with van der Waals surface area (Å²) in [6.07, 6.45) is 1.38. The summed E-state index contributed by atoms with van der Waals surface area (Å²) in [7, 11) is 3.11. The van der Waals surface area contributed by atoms with Crippen LogP contribution in [0.2, 0.25) is 0 Å². The number of amides is 2. The van der Waals surface area contributed by atoms with Crippen molar-refractivity contribution < 1.29 is 23.5 Å². The highest BCUT2D eigenvalue weighted by atomic mass is 19.1. The molecule has 29 heavy (non-hydrogen) atoms. The lowest BCUT2D eigenvalue weighted by Gasteiger charge is -2.32. The van der Waals surface area contributed by atoms with Gasteiger partial charge in [0.2, 0.25) is 5.91 Å². The minimum atomic E-state index is -0.547. The van der Waals surface area contributed by atoms with Gasteiger partial charge >= 0.3 is 0 Å². The van der Waals surface area contributed by atoms with Crippen LogP contribution in [0.1, 0.15) is 28.8 Å². The summed E-state index contributed by atoms with van der Waals surface area (Å²) < 4.78 is 24.6. The standard InChI is InChI=1S/C22H25FN2O4/c1-28-19-11-5-7-15(20(19)29-2)13-24-21(26)16-8-6-12-25(14-16)22(27)17-9-3-4-10-18(17)23/h3-5,7,9-11,16H,6,8,12-14H2,1-2H3,(H,24,26)/t16-/m1/s1. The smallest absolute Gasteiger partial charge is 0.256 e. The topological polar surface area (TPSA) is 67.9 Å². The fourth-order valence-electron chi connectivity index (χ4n) is 3.60. The van der Waals surface area contributed by atoms with Gasteiger partial charge < -0.3 is 19.7 Å². The van der Waals surface area contributed by atoms with Crippen LogP contribution in [0.4, 0.5) is 4.39 Å². The molecule has 1 N–H and O–H groups in total. The average molecular weight is 400 g/mol. The SMILES string of the molecule is COc1cccc(CNC(=O)[C@@H]2CCCN(C(=O)c3ccccc3F)C2)c1OC. The van der Waals surface area contributed by atoms with Gasteiger partial charge in [0, 0.05) is 25.2 Å². The lowest BCUT2D eigenvalue weighted by molar-refractivity contribution is -0.126. The third kappa shape index (κ3) is 4.67. The molecule has 1 heterocycles. The van der Waals surface area contributed by atoms with Gasteiger partial charge in [-0.05, 0) is 31.0 Å². The summed E-state index contributed by atoms with van der Waals surface area (Å²) in [5.74, 6) is -0.227. The van der Waals surface area contributed by atoms with E-state index in [4.69, 9.17) is 9.47 Å². The van der Waals surface area contributed by atoms with E-state index in [-0.39, 0.29) is 36.4 Å². The Morgan fingerprint density at radius 3 is 2.66 bits per heavy atom. The number of likely N-dealkylation sites (tertiary alicyclic amines) is 1. The molecule has 154 valence electrons. The van der Waals surface area contributed by atoms with Crippen LogP contribution < -0.4 is 14.8 Å². The Morgan fingerprint density at radius 2 is 1.93 bits per heavy atom. The number of nitrogens with one attached hydrogen (secondary N) is 1. The number of nitrogens with zero attached hydrogens (tertiary/aromatic N) is 1. The zero-order valence-electron chi connectivity index (χ0n) is 16.6. The molecule has 1 aliphatic heterocycles. The predicted octanol–water partition coefficient (Wildman–Crippen LogP) is 3.01. The van der Waals surface area contributed by atoms with E-state index in [0.717, 1.165) is 5.56 Å². The number of rotatable bonds is 6. The van der Waals surface area contributed by atoms with Crippen molar-refractivity contribution in [3.8, 4) is 11.5 Å². The van der Waals surface area contributed by atoms with Gasteiger partial charge in [0.1, 0.15) is 5.82 Å². The molecule has 1 fully saturated rings. The number of carbonyl (C=O) groups is 2. The van der Waals surface area contributed by atoms with Gasteiger partial charge in [-0.1, -0.05) is 24.3 Å². The van der Waals surface area contributed by atoms with E-state index in [0.29, 0.717) is 30.9 Å². The molecule has 2 amide bonds. The van der Waals surface area contributed by atoms with Gasteiger partial charge in [-0.2, -0.15) is 0 Å². The monoisotopic (exact) mass is 400 g/mol. The predicted molar refractivity (Wildman–Crippen MR) is 106 cm³/mol. The Hall–Kier alpha value is -3.09. The molecular formula is C22H25FN2O4. The molecule has 1 atom stereocenters. The number of piperidine rings is 1. The van der Waals surface area contributed by atoms with E-state index < -0.39 is 5.82 Å². The molecule has 6 nitrogen and oxygen atoms in total. The first-order valence-electron chi connectivity index (χ1n) is 9.56. The van der Waals surface area contributed by atoms with Crippen LogP contribution in [0, 0.1) is 11.7 Å². The second-order valence-electron chi connectivity index (χ2n) is 6.94. The highest BCUT2D eigenvalue weighted by molar-refractivity contribution is 5.95. The number of hydrogen-bond donors (Lipinski definition) is 1. The summed E-state index contributed by atoms with van der Waals surface area (Å²) in [5, 5.41) is 2.92. The second kappa shape index (κ2) is 9.41. The molecule has 0 unspecified atom stereocenters. The highest BCUT2D eigenvalue weighted by Crippen LogP contribution is 2.30. The zero-order valence-corrected chi connectivity index (χ0v) is 16.6. The average Bonchev–Trinajstić information content (AvgIpc) is 2.77. The molecular weight excluding hydrogens is 375 g/mol. The van der Waals surface area contributed by atoms with Gasteiger partial charge in [0.15, 0.2) is 11.5 Å². The van der Waals surface area contributed by atoms with Crippen LogP contribution in [0.3, 0.4) is 0 Å². The molecule has 3 rings (SSSR count). The van der Waals surface area contributed by atoms with Gasteiger partial charge in [0.05, 0.1) is 25.7 Å². The van der Waals surface area contributed by atoms with Crippen LogP contribution in [-0.2, 0) is 11.3 Å². The molecule has 2 aromatic rings. The quantitative estimate of drug-likeness (QED) is 0.810. The molecule has 1 saturated heterocycles. The number of hydrogen-bond acceptors (Lipinski definition) is 4. The van der Waals surface area contributed by atoms with Gasteiger partial charge in [-0.3, -0.25) is 9.59 Å². The van der Waals surface area contributed by atoms with E-state index in [1.165, 1.54) is 12.1 Å². The van der Waals surface area contributed by atoms with Crippen LogP contribution in [0.25, 0.3) is 0 Å². The van der Waals surface area contributed by atoms with E-state index in [1.54, 1.807) is 37.3 Å². The Balaban J connectivity index is 1.63. The lowest BCUT2D eigenvalue weighted by atomic mass is 9.96. The maximum Gasteiger partial charge on any atom is 0.256 e. The van der Waals surface area contributed by atoms with Gasteiger partial charge in [0.25, 0.3) is 5.91 Å². The number of methoxy groups -OCH3 is 2. The molecule has 0 bridgehead atoms.